The number of carbonyl (C=O) groups is 1. The van der Waals surface area contributed by atoms with Gasteiger partial charge in [0.15, 0.2) is 11.2 Å². The average Bonchev–Trinajstić information content (AvgIpc) is 3.04. The molecule has 2 aromatic carbocycles. The molecule has 4 aromatic rings. The van der Waals surface area contributed by atoms with Crippen molar-refractivity contribution in [3.05, 3.63) is 80.8 Å². The summed E-state index contributed by atoms with van der Waals surface area (Å²) in [6.07, 6.45) is 0. The van der Waals surface area contributed by atoms with E-state index < -0.39 is 5.91 Å². The lowest BCUT2D eigenvalue weighted by Gasteiger charge is -2.08. The normalized spacial score (nSPS) is 11.0. The number of amides is 1. The zero-order chi connectivity index (χ0) is 22.1. The third-order valence-corrected chi connectivity index (χ3v) is 5.72. The number of nitrogens with zero attached hydrogens (tertiary/aromatic N) is 1. The molecule has 2 N–H and O–H groups in total. The molecule has 0 spiro atoms. The SMILES string of the molecule is Cc1cc(C)c2c(=O)cc(C(=O)Nc3ccc(SNc4onc(C)c4C)cc3)oc2c1. The molecule has 158 valence electrons. The number of nitrogens with one attached hydrogen (secondary N) is 2. The average molecular weight is 436 g/mol. The van der Waals surface area contributed by atoms with Crippen LogP contribution in [-0.4, -0.2) is 11.1 Å². The summed E-state index contributed by atoms with van der Waals surface area (Å²) in [5.41, 5.74) is 4.34. The van der Waals surface area contributed by atoms with Gasteiger partial charge in [-0.05, 0) is 81.1 Å². The number of aromatic nitrogens is 1. The fourth-order valence-corrected chi connectivity index (χ4v) is 3.86. The number of hydrogen-bond acceptors (Lipinski definition) is 7. The minimum absolute atomic E-state index is 0.0289. The summed E-state index contributed by atoms with van der Waals surface area (Å²) in [4.78, 5) is 26.0. The van der Waals surface area contributed by atoms with Crippen LogP contribution in [0.4, 0.5) is 11.6 Å². The third-order valence-electron chi connectivity index (χ3n) is 4.93. The van der Waals surface area contributed by atoms with Crippen molar-refractivity contribution < 1.29 is 13.7 Å². The van der Waals surface area contributed by atoms with Crippen LogP contribution in [0.3, 0.4) is 0 Å². The molecule has 31 heavy (non-hydrogen) atoms. The summed E-state index contributed by atoms with van der Waals surface area (Å²) in [6.45, 7) is 7.58. The number of benzene rings is 2. The second-order valence-electron chi connectivity index (χ2n) is 7.33. The van der Waals surface area contributed by atoms with Crippen LogP contribution in [-0.2, 0) is 0 Å². The first-order chi connectivity index (χ1) is 14.8. The summed E-state index contributed by atoms with van der Waals surface area (Å²) < 4.78 is 14.1. The Bertz CT molecular complexity index is 1340. The van der Waals surface area contributed by atoms with Crippen LogP contribution in [0.1, 0.15) is 32.9 Å². The maximum Gasteiger partial charge on any atom is 0.291 e. The number of rotatable bonds is 5. The highest BCUT2D eigenvalue weighted by Crippen LogP contribution is 2.26. The minimum Gasteiger partial charge on any atom is -0.451 e. The van der Waals surface area contributed by atoms with Crippen molar-refractivity contribution >= 4 is 40.4 Å². The van der Waals surface area contributed by atoms with E-state index in [1.807, 2.05) is 45.9 Å². The Balaban J connectivity index is 1.47. The van der Waals surface area contributed by atoms with Crippen LogP contribution in [0, 0.1) is 27.7 Å². The molecular weight excluding hydrogens is 414 g/mol. The van der Waals surface area contributed by atoms with Crippen LogP contribution in [0.25, 0.3) is 11.0 Å². The zero-order valence-electron chi connectivity index (χ0n) is 17.5. The topological polar surface area (TPSA) is 97.4 Å². The van der Waals surface area contributed by atoms with Crippen molar-refractivity contribution in [3.63, 3.8) is 0 Å². The van der Waals surface area contributed by atoms with Gasteiger partial charge in [0.25, 0.3) is 5.91 Å². The Morgan fingerprint density at radius 2 is 1.77 bits per heavy atom. The van der Waals surface area contributed by atoms with Crippen LogP contribution in [0.5, 0.6) is 0 Å². The van der Waals surface area contributed by atoms with E-state index in [0.717, 1.165) is 27.3 Å². The monoisotopic (exact) mass is 435 g/mol. The Morgan fingerprint density at radius 3 is 2.45 bits per heavy atom. The van der Waals surface area contributed by atoms with Crippen molar-refractivity contribution in [2.24, 2.45) is 0 Å². The van der Waals surface area contributed by atoms with E-state index >= 15 is 0 Å². The minimum atomic E-state index is -0.482. The molecule has 0 aliphatic carbocycles. The van der Waals surface area contributed by atoms with Crippen molar-refractivity contribution in [3.8, 4) is 0 Å². The molecule has 1 amide bonds. The van der Waals surface area contributed by atoms with Crippen molar-refractivity contribution in [2.75, 3.05) is 10.0 Å². The Hall–Kier alpha value is -3.52. The van der Waals surface area contributed by atoms with Crippen molar-refractivity contribution in [1.82, 2.24) is 5.16 Å². The molecule has 0 aliphatic heterocycles. The molecule has 8 heteroatoms. The Labute approximate surface area is 183 Å². The van der Waals surface area contributed by atoms with Crippen LogP contribution in [0.15, 0.2) is 61.1 Å². The van der Waals surface area contributed by atoms with Gasteiger partial charge in [0.2, 0.25) is 5.88 Å². The van der Waals surface area contributed by atoms with E-state index in [4.69, 9.17) is 8.94 Å². The molecule has 0 bridgehead atoms. The van der Waals surface area contributed by atoms with Crippen LogP contribution >= 0.6 is 11.9 Å². The van der Waals surface area contributed by atoms with Gasteiger partial charge in [0.1, 0.15) is 5.58 Å². The maximum atomic E-state index is 12.6. The lowest BCUT2D eigenvalue weighted by atomic mass is 10.1. The molecule has 0 saturated carbocycles. The standard InChI is InChI=1S/C23H21N3O4S/c1-12-9-13(2)21-18(27)11-20(29-19(21)10-12)22(28)24-16-5-7-17(8-6-16)31-26-23-14(3)15(4)25-30-23/h5-11,26H,1-4H3,(H,24,28). The molecule has 2 aromatic heterocycles. The molecule has 0 fully saturated rings. The van der Waals surface area contributed by atoms with Crippen molar-refractivity contribution in [2.45, 2.75) is 32.6 Å². The fraction of sp³-hybridized carbons (Fsp3) is 0.174. The van der Waals surface area contributed by atoms with Gasteiger partial charge >= 0.3 is 0 Å². The highest BCUT2D eigenvalue weighted by Gasteiger charge is 2.14. The third kappa shape index (κ3) is 4.34. The number of hydrogen-bond donors (Lipinski definition) is 2. The summed E-state index contributed by atoms with van der Waals surface area (Å²) in [5, 5.41) is 7.17. The van der Waals surface area contributed by atoms with Crippen molar-refractivity contribution in [1.29, 1.82) is 0 Å². The number of aryl methyl sites for hydroxylation is 3. The predicted octanol–water partition coefficient (Wildman–Crippen LogP) is 5.39. The highest BCUT2D eigenvalue weighted by molar-refractivity contribution is 8.00. The maximum absolute atomic E-state index is 12.6. The van der Waals surface area contributed by atoms with Gasteiger partial charge in [-0.15, -0.1) is 0 Å². The molecule has 2 heterocycles. The lowest BCUT2D eigenvalue weighted by Crippen LogP contribution is -2.15. The van der Waals surface area contributed by atoms with Gasteiger partial charge in [-0.3, -0.25) is 14.3 Å². The summed E-state index contributed by atoms with van der Waals surface area (Å²) in [5.74, 6) is 0.0971. The van der Waals surface area contributed by atoms with E-state index in [9.17, 15) is 9.59 Å². The van der Waals surface area contributed by atoms with Crippen LogP contribution in [0.2, 0.25) is 0 Å². The molecule has 0 unspecified atom stereocenters. The predicted molar refractivity (Wildman–Crippen MR) is 122 cm³/mol. The molecular formula is C23H21N3O4S. The van der Waals surface area contributed by atoms with E-state index in [1.165, 1.54) is 18.0 Å². The number of anilines is 2. The van der Waals surface area contributed by atoms with Gasteiger partial charge in [-0.1, -0.05) is 11.2 Å². The first-order valence-electron chi connectivity index (χ1n) is 9.64. The van der Waals surface area contributed by atoms with Gasteiger partial charge in [0, 0.05) is 22.2 Å². The first kappa shape index (κ1) is 20.7. The van der Waals surface area contributed by atoms with Gasteiger partial charge in [-0.25, -0.2) is 0 Å². The fourth-order valence-electron chi connectivity index (χ4n) is 3.19. The molecule has 0 atom stereocenters. The number of fused-ring (bicyclic) bond motifs is 1. The largest absolute Gasteiger partial charge is 0.451 e. The molecule has 7 nitrogen and oxygen atoms in total. The second kappa shape index (κ2) is 8.31. The Morgan fingerprint density at radius 1 is 1.03 bits per heavy atom. The lowest BCUT2D eigenvalue weighted by molar-refractivity contribution is 0.0997. The zero-order valence-corrected chi connectivity index (χ0v) is 18.3. The van der Waals surface area contributed by atoms with Crippen LogP contribution < -0.4 is 15.5 Å². The molecule has 0 aliphatic rings. The van der Waals surface area contributed by atoms with E-state index in [-0.39, 0.29) is 11.2 Å². The second-order valence-corrected chi connectivity index (χ2v) is 8.21. The van der Waals surface area contributed by atoms with E-state index in [0.29, 0.717) is 22.5 Å². The smallest absolute Gasteiger partial charge is 0.291 e. The van der Waals surface area contributed by atoms with E-state index in [2.05, 4.69) is 15.2 Å². The Kier molecular flexibility index (Phi) is 5.56. The number of carbonyl (C=O) groups excluding carboxylic acids is 1. The van der Waals surface area contributed by atoms with Gasteiger partial charge in [-0.2, -0.15) is 0 Å². The molecule has 0 radical (unpaired) electrons. The van der Waals surface area contributed by atoms with Gasteiger partial charge in [0.05, 0.1) is 11.1 Å². The van der Waals surface area contributed by atoms with E-state index in [1.54, 1.807) is 18.2 Å². The first-order valence-corrected chi connectivity index (χ1v) is 10.5. The highest BCUT2D eigenvalue weighted by atomic mass is 32.2. The summed E-state index contributed by atoms with van der Waals surface area (Å²) in [6, 6.07) is 12.2. The summed E-state index contributed by atoms with van der Waals surface area (Å²) in [7, 11) is 0. The molecule has 4 rings (SSSR count). The summed E-state index contributed by atoms with van der Waals surface area (Å²) >= 11 is 1.37. The quantitative estimate of drug-likeness (QED) is 0.406. The molecule has 0 saturated heterocycles. The van der Waals surface area contributed by atoms with Gasteiger partial charge < -0.3 is 14.3 Å².